The van der Waals surface area contributed by atoms with Gasteiger partial charge in [0, 0.05) is 5.54 Å². The maximum Gasteiger partial charge on any atom is 0.0435 e. The lowest BCUT2D eigenvalue weighted by Gasteiger charge is -2.40. The van der Waals surface area contributed by atoms with Gasteiger partial charge in [-0.25, -0.2) is 0 Å². The monoisotopic (exact) mass is 217 g/mol. The minimum atomic E-state index is -0.0883. The van der Waals surface area contributed by atoms with E-state index in [2.05, 4.69) is 39.0 Å². The topological polar surface area (TPSA) is 26.0 Å². The molecule has 1 fully saturated rings. The van der Waals surface area contributed by atoms with Gasteiger partial charge >= 0.3 is 0 Å². The van der Waals surface area contributed by atoms with Crippen LogP contribution in [0.3, 0.4) is 0 Å². The van der Waals surface area contributed by atoms with Gasteiger partial charge in [-0.05, 0) is 38.2 Å². The molecule has 0 amide bonds. The molecule has 2 atom stereocenters. The molecule has 1 nitrogen and oxygen atoms in total. The average Bonchev–Trinajstić information content (AvgIpc) is 2.21. The maximum absolute atomic E-state index is 6.66. The van der Waals surface area contributed by atoms with Crippen LogP contribution in [0.25, 0.3) is 0 Å². The Hall–Kier alpha value is -0.820. The summed E-state index contributed by atoms with van der Waals surface area (Å²) in [5, 5.41) is 0. The van der Waals surface area contributed by atoms with E-state index in [1.165, 1.54) is 36.0 Å². The van der Waals surface area contributed by atoms with Crippen LogP contribution in [-0.2, 0) is 5.54 Å². The smallest absolute Gasteiger partial charge is 0.0435 e. The van der Waals surface area contributed by atoms with Crippen molar-refractivity contribution >= 4 is 0 Å². The van der Waals surface area contributed by atoms with Crippen molar-refractivity contribution in [3.63, 3.8) is 0 Å². The van der Waals surface area contributed by atoms with Gasteiger partial charge in [-0.15, -0.1) is 0 Å². The highest BCUT2D eigenvalue weighted by Gasteiger charge is 2.35. The van der Waals surface area contributed by atoms with Gasteiger partial charge < -0.3 is 5.73 Å². The summed E-state index contributed by atoms with van der Waals surface area (Å²) >= 11 is 0. The van der Waals surface area contributed by atoms with Crippen LogP contribution < -0.4 is 5.73 Å². The third-order valence-corrected chi connectivity index (χ3v) is 4.12. The molecule has 1 aromatic carbocycles. The minimum Gasteiger partial charge on any atom is -0.321 e. The van der Waals surface area contributed by atoms with Gasteiger partial charge in [-0.1, -0.05) is 49.1 Å². The number of rotatable bonds is 1. The Labute approximate surface area is 99.0 Å². The second kappa shape index (κ2) is 4.21. The fourth-order valence-corrected chi connectivity index (χ4v) is 3.04. The lowest BCUT2D eigenvalue weighted by molar-refractivity contribution is 0.207. The van der Waals surface area contributed by atoms with E-state index >= 15 is 0 Å². The SMILES string of the molecule is Cc1cc(C)cc(C2(N)CCCCC2C)c1. The second-order valence-electron chi connectivity index (χ2n) is 5.56. The van der Waals surface area contributed by atoms with Crippen molar-refractivity contribution in [1.29, 1.82) is 0 Å². The molecule has 88 valence electrons. The van der Waals surface area contributed by atoms with Crippen LogP contribution >= 0.6 is 0 Å². The van der Waals surface area contributed by atoms with Crippen molar-refractivity contribution in [3.05, 3.63) is 34.9 Å². The van der Waals surface area contributed by atoms with Crippen LogP contribution in [0.5, 0.6) is 0 Å². The van der Waals surface area contributed by atoms with Crippen molar-refractivity contribution in [2.75, 3.05) is 0 Å². The van der Waals surface area contributed by atoms with Gasteiger partial charge in [0.15, 0.2) is 0 Å². The van der Waals surface area contributed by atoms with Crippen molar-refractivity contribution in [2.24, 2.45) is 11.7 Å². The summed E-state index contributed by atoms with van der Waals surface area (Å²) in [6, 6.07) is 6.77. The molecule has 1 aliphatic rings. The molecule has 1 heteroatoms. The van der Waals surface area contributed by atoms with E-state index in [1.807, 2.05) is 0 Å². The first kappa shape index (κ1) is 11.7. The quantitative estimate of drug-likeness (QED) is 0.763. The normalized spacial score (nSPS) is 30.4. The number of benzene rings is 1. The Morgan fingerprint density at radius 3 is 2.31 bits per heavy atom. The standard InChI is InChI=1S/C15H23N/c1-11-8-12(2)10-14(9-11)15(16)7-5-4-6-13(15)3/h8-10,13H,4-7,16H2,1-3H3. The Morgan fingerprint density at radius 2 is 1.75 bits per heavy atom. The van der Waals surface area contributed by atoms with E-state index in [9.17, 15) is 0 Å². The number of aryl methyl sites for hydroxylation is 2. The molecule has 0 heterocycles. The van der Waals surface area contributed by atoms with Gasteiger partial charge in [0.1, 0.15) is 0 Å². The molecule has 0 radical (unpaired) electrons. The number of hydrogen-bond acceptors (Lipinski definition) is 1. The summed E-state index contributed by atoms with van der Waals surface area (Å²) in [7, 11) is 0. The Kier molecular flexibility index (Phi) is 3.07. The molecule has 16 heavy (non-hydrogen) atoms. The minimum absolute atomic E-state index is 0.0883. The Morgan fingerprint density at radius 1 is 1.12 bits per heavy atom. The zero-order valence-corrected chi connectivity index (χ0v) is 10.7. The fourth-order valence-electron chi connectivity index (χ4n) is 3.04. The highest BCUT2D eigenvalue weighted by Crippen LogP contribution is 2.39. The highest BCUT2D eigenvalue weighted by atomic mass is 14.8. The lowest BCUT2D eigenvalue weighted by Crippen LogP contribution is -2.45. The zero-order valence-electron chi connectivity index (χ0n) is 10.7. The number of nitrogens with two attached hydrogens (primary N) is 1. The largest absolute Gasteiger partial charge is 0.321 e. The van der Waals surface area contributed by atoms with Crippen LogP contribution in [0.1, 0.15) is 49.3 Å². The van der Waals surface area contributed by atoms with E-state index in [0.717, 1.165) is 6.42 Å². The average molecular weight is 217 g/mol. The van der Waals surface area contributed by atoms with Gasteiger partial charge in [0.05, 0.1) is 0 Å². The molecule has 1 aromatic rings. The predicted molar refractivity (Wildman–Crippen MR) is 69.4 cm³/mol. The summed E-state index contributed by atoms with van der Waals surface area (Å²) in [6.07, 6.45) is 5.01. The molecular weight excluding hydrogens is 194 g/mol. The van der Waals surface area contributed by atoms with Gasteiger partial charge in [0.25, 0.3) is 0 Å². The Balaban J connectivity index is 2.40. The van der Waals surface area contributed by atoms with Gasteiger partial charge in [-0.3, -0.25) is 0 Å². The summed E-state index contributed by atoms with van der Waals surface area (Å²) in [5.74, 6) is 0.599. The predicted octanol–water partition coefficient (Wildman–Crippen LogP) is 3.67. The van der Waals surface area contributed by atoms with Crippen molar-refractivity contribution in [1.82, 2.24) is 0 Å². The molecule has 2 rings (SSSR count). The van der Waals surface area contributed by atoms with Crippen molar-refractivity contribution < 1.29 is 0 Å². The van der Waals surface area contributed by atoms with Crippen LogP contribution in [0, 0.1) is 19.8 Å². The summed E-state index contributed by atoms with van der Waals surface area (Å²) in [4.78, 5) is 0. The molecule has 0 bridgehead atoms. The van der Waals surface area contributed by atoms with Crippen LogP contribution in [0.15, 0.2) is 18.2 Å². The molecule has 0 aromatic heterocycles. The Bertz CT molecular complexity index is 363. The van der Waals surface area contributed by atoms with E-state index in [1.54, 1.807) is 0 Å². The van der Waals surface area contributed by atoms with E-state index in [4.69, 9.17) is 5.73 Å². The van der Waals surface area contributed by atoms with Crippen LogP contribution in [0.2, 0.25) is 0 Å². The molecule has 0 spiro atoms. The molecular formula is C15H23N. The van der Waals surface area contributed by atoms with Crippen LogP contribution in [0.4, 0.5) is 0 Å². The summed E-state index contributed by atoms with van der Waals surface area (Å²) in [6.45, 7) is 6.62. The van der Waals surface area contributed by atoms with E-state index in [0.29, 0.717) is 5.92 Å². The highest BCUT2D eigenvalue weighted by molar-refractivity contribution is 5.34. The first-order valence-corrected chi connectivity index (χ1v) is 6.40. The first-order valence-electron chi connectivity index (χ1n) is 6.40. The molecule has 2 unspecified atom stereocenters. The maximum atomic E-state index is 6.66. The van der Waals surface area contributed by atoms with Crippen molar-refractivity contribution in [3.8, 4) is 0 Å². The summed E-state index contributed by atoms with van der Waals surface area (Å²) < 4.78 is 0. The van der Waals surface area contributed by atoms with Gasteiger partial charge in [-0.2, -0.15) is 0 Å². The second-order valence-corrected chi connectivity index (χ2v) is 5.56. The third kappa shape index (κ3) is 2.01. The summed E-state index contributed by atoms with van der Waals surface area (Å²) in [5.41, 5.74) is 10.6. The molecule has 1 aliphatic carbocycles. The third-order valence-electron chi connectivity index (χ3n) is 4.12. The van der Waals surface area contributed by atoms with Crippen molar-refractivity contribution in [2.45, 2.75) is 52.0 Å². The molecule has 1 saturated carbocycles. The van der Waals surface area contributed by atoms with Crippen LogP contribution in [-0.4, -0.2) is 0 Å². The van der Waals surface area contributed by atoms with Gasteiger partial charge in [0.2, 0.25) is 0 Å². The zero-order chi connectivity index (χ0) is 11.8. The molecule has 0 aliphatic heterocycles. The lowest BCUT2D eigenvalue weighted by atomic mass is 9.70. The first-order chi connectivity index (χ1) is 7.52. The molecule has 0 saturated heterocycles. The van der Waals surface area contributed by atoms with E-state index < -0.39 is 0 Å². The fraction of sp³-hybridized carbons (Fsp3) is 0.600. The number of hydrogen-bond donors (Lipinski definition) is 1. The van der Waals surface area contributed by atoms with E-state index in [-0.39, 0.29) is 5.54 Å². The molecule has 2 N–H and O–H groups in total.